The number of benzene rings is 8. The van der Waals surface area contributed by atoms with Crippen LogP contribution in [-0.4, -0.2) is 127 Å². The predicted octanol–water partition coefficient (Wildman–Crippen LogP) is 24.7. The van der Waals surface area contributed by atoms with E-state index in [0.29, 0.717) is 64.9 Å². The minimum absolute atomic E-state index is 0.00950. The molecule has 132 heavy (non-hydrogen) atoms. The lowest BCUT2D eigenvalue weighted by atomic mass is 9.83. The molecule has 736 valence electrons. The van der Waals surface area contributed by atoms with Crippen molar-refractivity contribution >= 4 is 69.4 Å². The van der Waals surface area contributed by atoms with Crippen molar-refractivity contribution in [3.8, 4) is 28.7 Å². The van der Waals surface area contributed by atoms with E-state index in [2.05, 4.69) is 167 Å². The van der Waals surface area contributed by atoms with Crippen LogP contribution in [0.25, 0.3) is 0 Å². The Morgan fingerprint density at radius 1 is 0.394 bits per heavy atom. The van der Waals surface area contributed by atoms with Crippen LogP contribution >= 0.6 is 0 Å². The molecule has 9 rings (SSSR count). The van der Waals surface area contributed by atoms with Crippen molar-refractivity contribution < 1.29 is 115 Å². The summed E-state index contributed by atoms with van der Waals surface area (Å²) in [6, 6.07) is 68.3. The minimum atomic E-state index is -6.13. The third kappa shape index (κ3) is 49.6. The van der Waals surface area contributed by atoms with Crippen LogP contribution in [-0.2, 0) is 83.6 Å². The van der Waals surface area contributed by atoms with Gasteiger partial charge in [-0.15, -0.1) is 0 Å². The second kappa shape index (κ2) is 63.8. The maximum Gasteiger partial charge on any atom is 0.364 e. The third-order valence-corrected chi connectivity index (χ3v) is 24.3. The number of esters is 4. The largest absolute Gasteiger partial charge is 0.743 e. The van der Waals surface area contributed by atoms with E-state index in [4.69, 9.17) is 33.9 Å². The minimum Gasteiger partial charge on any atom is -0.743 e. The molecule has 0 radical (unpaired) electrons. The smallest absolute Gasteiger partial charge is 0.364 e. The molecule has 0 aromatic heterocycles. The highest BCUT2D eigenvalue weighted by Crippen LogP contribution is 2.36. The zero-order chi connectivity index (χ0) is 99.9. The first-order chi connectivity index (χ1) is 62.0. The lowest BCUT2D eigenvalue weighted by Crippen LogP contribution is -2.39. The Kier molecular flexibility index (Phi) is 58.4. The van der Waals surface area contributed by atoms with E-state index in [0.717, 1.165) is 85.3 Å². The lowest BCUT2D eigenvalue weighted by Gasteiger charge is -2.35. The van der Waals surface area contributed by atoms with Crippen LogP contribution in [0.5, 0.6) is 28.7 Å². The molecule has 1 saturated carbocycles. The number of carbonyl (C=O) groups excluding carboxylic acids is 4. The van der Waals surface area contributed by atoms with Crippen molar-refractivity contribution in [1.29, 1.82) is 0 Å². The summed E-state index contributed by atoms with van der Waals surface area (Å²) in [5, 5.41) is 7.93. The molecule has 1 aliphatic rings. The van der Waals surface area contributed by atoms with Gasteiger partial charge in [-0.2, -0.15) is 17.6 Å². The molecule has 0 amide bonds. The molecule has 8 aromatic carbocycles. The Hall–Kier alpha value is -9.26. The van der Waals surface area contributed by atoms with E-state index >= 15 is 0 Å². The van der Waals surface area contributed by atoms with Crippen molar-refractivity contribution in [1.82, 2.24) is 0 Å². The molecule has 9 atom stereocenters. The van der Waals surface area contributed by atoms with Gasteiger partial charge in [0.25, 0.3) is 0 Å². The van der Waals surface area contributed by atoms with Crippen molar-refractivity contribution in [2.45, 2.75) is 300 Å². The molecule has 0 spiro atoms. The van der Waals surface area contributed by atoms with Gasteiger partial charge in [-0.3, -0.25) is 4.79 Å². The first-order valence-corrected chi connectivity index (χ1v) is 48.9. The quantitative estimate of drug-likeness (QED) is 0.0123. The number of hydrogen-bond donors (Lipinski definition) is 2. The van der Waals surface area contributed by atoms with E-state index in [1.807, 2.05) is 154 Å². The van der Waals surface area contributed by atoms with E-state index < -0.39 is 99.2 Å². The predicted molar refractivity (Wildman–Crippen MR) is 518 cm³/mol. The van der Waals surface area contributed by atoms with Gasteiger partial charge in [-0.25, -0.2) is 40.0 Å². The Morgan fingerprint density at radius 2 is 0.667 bits per heavy atom. The third-order valence-electron chi connectivity index (χ3n) is 21.8. The molecule has 1 fully saturated rings. The van der Waals surface area contributed by atoms with Crippen molar-refractivity contribution in [2.24, 2.45) is 5.92 Å². The zero-order valence-corrected chi connectivity index (χ0v) is 83.6. The van der Waals surface area contributed by atoms with Gasteiger partial charge in [0.15, 0.2) is 52.4 Å². The van der Waals surface area contributed by atoms with Gasteiger partial charge < -0.3 is 52.5 Å². The highest BCUT2D eigenvalue weighted by Gasteiger charge is 2.48. The number of ether oxygens (including phenoxy) is 7. The number of halogens is 6. The number of alkyl halides is 6. The van der Waals surface area contributed by atoms with E-state index in [1.165, 1.54) is 47.6 Å². The Balaban J connectivity index is 0.000000765. The number of hydrogen-bond acceptors (Lipinski definition) is 19. The van der Waals surface area contributed by atoms with Gasteiger partial charge in [-0.05, 0) is 277 Å². The van der Waals surface area contributed by atoms with Crippen molar-refractivity contribution in [3.05, 3.63) is 246 Å². The maximum atomic E-state index is 13.2. The lowest BCUT2D eigenvalue weighted by molar-refractivity contribution is -0.166. The summed E-state index contributed by atoms with van der Waals surface area (Å²) in [5.74, 6) is 3.15. The molecule has 29 heteroatoms. The Bertz CT molecular complexity index is 4580. The topological polar surface area (TPSA) is 288 Å². The highest BCUT2D eigenvalue weighted by atomic mass is 32.2. The molecule has 0 aliphatic heterocycles. The summed E-state index contributed by atoms with van der Waals surface area (Å²) in [4.78, 5) is 48.4. The van der Waals surface area contributed by atoms with Gasteiger partial charge in [-0.1, -0.05) is 238 Å². The summed E-state index contributed by atoms with van der Waals surface area (Å²) in [6.45, 7) is 34.8. The van der Waals surface area contributed by atoms with E-state index in [-0.39, 0.29) is 30.8 Å². The number of aromatic hydroxyl groups is 2. The monoisotopic (exact) mass is 1930 g/mol. The standard InChI is InChI=1S/C20H30O3.C16H21F3O6S.C16H24O3.2C10H14O.C10H14.C9H15F3O5S.2C6H6S/c1-4-16(3)17-9-11-18(12-10-17)22-15-19(21)23-20(5-2)13-7-6-8-14-20;1-3-11(2)12-4-6-13(7-5-12)25-10-15(20)24-9-8-14(17)16(18,19)26(21,22)23;1-6-12(2)13-7-9-14(10-8-13)18-11-15(17)19-16(3,4)5;2*1-3-8(2)9-4-6-10(11)7-5-9;1-3-9(2)10-7-5-4-6-8-10;1-3-6(2)8(13)17-5-4-7(10)9(11,12)18(14,15)16;2*7-6-4-2-1-3-5-6/h9-12,16H,4-8,13-15H2,1-3H3;4-7,11,14H,3,8-10H2,1-2H3,(H,21,22,23);7-10,12H,6,11H2,1-5H3;2*4-8,11H,3H2,1-2H3;4-9H,3H2,1-2H3;6-7H,3-5H2,1-2H3,(H,14,15,16);2*1-5,7H. The zero-order valence-electron chi connectivity index (χ0n) is 80.0. The van der Waals surface area contributed by atoms with Crippen LogP contribution in [0.2, 0.25) is 0 Å². The number of phenols is 2. The first-order valence-electron chi connectivity index (χ1n) is 45.1. The molecular weight excluding hydrogens is 1780 g/mol. The first kappa shape index (κ1) is 121. The van der Waals surface area contributed by atoms with Crippen LogP contribution in [0.15, 0.2) is 222 Å². The van der Waals surface area contributed by atoms with Crippen molar-refractivity contribution in [3.63, 3.8) is 0 Å². The number of carbonyl (C=O) groups is 4. The van der Waals surface area contributed by atoms with Crippen LogP contribution in [0.1, 0.15) is 290 Å². The molecule has 1 aliphatic carbocycles. The Labute approximate surface area is 793 Å². The van der Waals surface area contributed by atoms with Gasteiger partial charge in [0, 0.05) is 12.8 Å². The fraction of sp³-hybridized carbons (Fsp3) is 0.495. The molecule has 0 saturated heterocycles. The average Bonchev–Trinajstić information content (AvgIpc) is 0.827. The molecule has 19 nitrogen and oxygen atoms in total. The average molecular weight is 1930 g/mol. The van der Waals surface area contributed by atoms with Crippen LogP contribution in [0.3, 0.4) is 0 Å². The second-order valence-corrected chi connectivity index (χ2v) is 37.2. The molecule has 9 unspecified atom stereocenters. The van der Waals surface area contributed by atoms with Crippen LogP contribution < -0.4 is 14.2 Å². The van der Waals surface area contributed by atoms with Gasteiger partial charge >= 0.3 is 34.4 Å². The van der Waals surface area contributed by atoms with Crippen LogP contribution in [0, 0.1) is 5.92 Å². The Morgan fingerprint density at radius 3 is 0.932 bits per heavy atom. The van der Waals surface area contributed by atoms with Gasteiger partial charge in [0.1, 0.15) is 49.7 Å². The van der Waals surface area contributed by atoms with Gasteiger partial charge in [0.2, 0.25) is 0 Å². The molecular formula is C103H144F6O19S4. The number of rotatable bonds is 35. The molecule has 8 aromatic rings. The highest BCUT2D eigenvalue weighted by molar-refractivity contribution is 7.87. The molecule has 2 N–H and O–H groups in total. The van der Waals surface area contributed by atoms with Crippen molar-refractivity contribution in [2.75, 3.05) is 33.0 Å². The SMILES string of the molecule is CCC(C)C(=O)OCCC(F)C(F)(F)S(=O)(=O)[O-].CCC(C)c1ccc(O)cc1.CCC(C)c1ccc(O)cc1.CCC(C)c1ccc(OCC(=O)OC(C)(C)C)cc1.CCC(C)c1ccc(OCC(=O)OC2(CC)CCCCC2)cc1.CCC(C)c1ccc(OCC(=O)OCCC(F)C(F)(F)S(=O)(=O)[O-])cc1.CCC(C)c1ccccc1.[SH2+]c1ccccc1.[SH2+]c1ccccc1. The summed E-state index contributed by atoms with van der Waals surface area (Å²) in [5.41, 5.74) is 7.01. The molecule has 0 heterocycles. The summed E-state index contributed by atoms with van der Waals surface area (Å²) < 4.78 is 174. The summed E-state index contributed by atoms with van der Waals surface area (Å²) in [7, 11) is -12.2. The second-order valence-electron chi connectivity index (χ2n) is 33.2. The fourth-order valence-electron chi connectivity index (χ4n) is 11.7. The summed E-state index contributed by atoms with van der Waals surface area (Å²) in [6.07, 6.45) is 4.91. The van der Waals surface area contributed by atoms with Gasteiger partial charge in [0.05, 0.1) is 19.1 Å². The number of phenolic OH excluding ortho intramolecular Hbond substituents is 2. The normalized spacial score (nSPS) is 14.2. The van der Waals surface area contributed by atoms with E-state index in [1.54, 1.807) is 43.3 Å². The van der Waals surface area contributed by atoms with Crippen LogP contribution in [0.4, 0.5) is 26.3 Å². The maximum absolute atomic E-state index is 13.2. The van der Waals surface area contributed by atoms with E-state index in [9.17, 15) is 71.5 Å². The fourth-order valence-corrected chi connectivity index (χ4v) is 12.9. The summed E-state index contributed by atoms with van der Waals surface area (Å²) >= 11 is 6.71. The molecule has 0 bridgehead atoms.